The molecular formula is C15H14N2O4. The average Bonchev–Trinajstić information content (AvgIpc) is 2.49. The summed E-state index contributed by atoms with van der Waals surface area (Å²) in [5, 5.41) is 13.0. The van der Waals surface area contributed by atoms with Gasteiger partial charge in [-0.3, -0.25) is 4.79 Å². The third-order valence-electron chi connectivity index (χ3n) is 2.92. The molecule has 0 bridgehead atoms. The van der Waals surface area contributed by atoms with E-state index in [1.165, 1.54) is 5.01 Å². The Morgan fingerprint density at radius 2 is 1.90 bits per heavy atom. The van der Waals surface area contributed by atoms with E-state index in [0.29, 0.717) is 22.7 Å². The van der Waals surface area contributed by atoms with E-state index in [1.54, 1.807) is 55.6 Å². The van der Waals surface area contributed by atoms with E-state index in [4.69, 9.17) is 9.84 Å². The maximum atomic E-state index is 11.1. The lowest BCUT2D eigenvalue weighted by Crippen LogP contribution is -2.08. The Kier molecular flexibility index (Phi) is 4.50. The van der Waals surface area contributed by atoms with Crippen molar-refractivity contribution < 1.29 is 14.6 Å². The Bertz CT molecular complexity index is 640. The van der Waals surface area contributed by atoms with Gasteiger partial charge in [0.25, 0.3) is 0 Å². The van der Waals surface area contributed by atoms with E-state index < -0.39 is 5.97 Å². The number of rotatable bonds is 6. The minimum absolute atomic E-state index is 0.0615. The number of nitroso groups, excluding NO2 is 1. The SMILES string of the molecule is COc1cccc(N(N=O)c2ccc(CC(=O)O)cc2)c1. The van der Waals surface area contributed by atoms with Crippen LogP contribution >= 0.6 is 0 Å². The minimum atomic E-state index is -0.902. The van der Waals surface area contributed by atoms with Crippen LogP contribution in [0.25, 0.3) is 0 Å². The Balaban J connectivity index is 2.28. The molecule has 0 radical (unpaired) electrons. The summed E-state index contributed by atoms with van der Waals surface area (Å²) in [5.41, 5.74) is 1.77. The summed E-state index contributed by atoms with van der Waals surface area (Å²) >= 11 is 0. The van der Waals surface area contributed by atoms with Crippen LogP contribution in [0, 0.1) is 4.91 Å². The molecule has 2 aromatic carbocycles. The van der Waals surface area contributed by atoms with Gasteiger partial charge < -0.3 is 9.84 Å². The third-order valence-corrected chi connectivity index (χ3v) is 2.92. The molecule has 0 aliphatic heterocycles. The van der Waals surface area contributed by atoms with Crippen LogP contribution < -0.4 is 9.75 Å². The molecule has 0 aliphatic rings. The van der Waals surface area contributed by atoms with Crippen LogP contribution in [-0.2, 0) is 11.2 Å². The number of anilines is 2. The zero-order valence-corrected chi connectivity index (χ0v) is 11.4. The molecule has 1 N–H and O–H groups in total. The zero-order valence-electron chi connectivity index (χ0n) is 11.4. The van der Waals surface area contributed by atoms with E-state index in [0.717, 1.165) is 0 Å². The van der Waals surface area contributed by atoms with Crippen LogP contribution in [0.1, 0.15) is 5.56 Å². The molecule has 108 valence electrons. The molecule has 0 saturated carbocycles. The first-order valence-electron chi connectivity index (χ1n) is 6.22. The molecule has 6 nitrogen and oxygen atoms in total. The van der Waals surface area contributed by atoms with E-state index in [-0.39, 0.29) is 6.42 Å². The quantitative estimate of drug-likeness (QED) is 0.652. The van der Waals surface area contributed by atoms with Gasteiger partial charge in [-0.1, -0.05) is 18.2 Å². The van der Waals surface area contributed by atoms with Crippen molar-refractivity contribution in [1.29, 1.82) is 0 Å². The average molecular weight is 286 g/mol. The van der Waals surface area contributed by atoms with Crippen molar-refractivity contribution in [3.8, 4) is 5.75 Å². The maximum absolute atomic E-state index is 11.1. The molecule has 0 fully saturated rings. The number of hydrogen-bond acceptors (Lipinski definition) is 4. The normalized spacial score (nSPS) is 9.95. The molecule has 0 unspecified atom stereocenters. The summed E-state index contributed by atoms with van der Waals surface area (Å²) in [7, 11) is 1.54. The number of nitrogens with zero attached hydrogens (tertiary/aromatic N) is 2. The van der Waals surface area contributed by atoms with Crippen molar-refractivity contribution in [2.45, 2.75) is 6.42 Å². The van der Waals surface area contributed by atoms with Crippen LogP contribution in [0.3, 0.4) is 0 Å². The van der Waals surface area contributed by atoms with Crippen LogP contribution in [0.5, 0.6) is 5.75 Å². The zero-order chi connectivity index (χ0) is 15.2. The highest BCUT2D eigenvalue weighted by Crippen LogP contribution is 2.28. The highest BCUT2D eigenvalue weighted by molar-refractivity contribution is 5.71. The van der Waals surface area contributed by atoms with E-state index in [9.17, 15) is 9.70 Å². The lowest BCUT2D eigenvalue weighted by Gasteiger charge is -2.16. The molecule has 0 aliphatic carbocycles. The summed E-state index contributed by atoms with van der Waals surface area (Å²) in [6, 6.07) is 13.6. The topological polar surface area (TPSA) is 79.2 Å². The first kappa shape index (κ1) is 14.5. The molecule has 0 spiro atoms. The molecule has 2 rings (SSSR count). The first-order chi connectivity index (χ1) is 10.1. The van der Waals surface area contributed by atoms with Gasteiger partial charge in [-0.25, -0.2) is 0 Å². The van der Waals surface area contributed by atoms with Crippen molar-refractivity contribution in [1.82, 2.24) is 0 Å². The number of methoxy groups -OCH3 is 1. The molecule has 2 aromatic rings. The van der Waals surface area contributed by atoms with Crippen molar-refractivity contribution in [2.75, 3.05) is 12.1 Å². The summed E-state index contributed by atoms with van der Waals surface area (Å²) < 4.78 is 5.11. The minimum Gasteiger partial charge on any atom is -0.497 e. The molecule has 0 amide bonds. The van der Waals surface area contributed by atoms with Gasteiger partial charge in [0.1, 0.15) is 5.75 Å². The predicted molar refractivity (Wildman–Crippen MR) is 78.7 cm³/mol. The van der Waals surface area contributed by atoms with Gasteiger partial charge in [0.15, 0.2) is 0 Å². The number of benzene rings is 2. The highest BCUT2D eigenvalue weighted by Gasteiger charge is 2.11. The number of carboxylic acids is 1. The number of carbonyl (C=O) groups is 1. The van der Waals surface area contributed by atoms with E-state index in [1.807, 2.05) is 0 Å². The smallest absolute Gasteiger partial charge is 0.307 e. The number of carboxylic acid groups (broad SMARTS) is 1. The van der Waals surface area contributed by atoms with Gasteiger partial charge in [0, 0.05) is 6.07 Å². The van der Waals surface area contributed by atoms with Crippen molar-refractivity contribution in [2.24, 2.45) is 5.29 Å². The molecule has 21 heavy (non-hydrogen) atoms. The second-order valence-corrected chi connectivity index (χ2v) is 4.33. The van der Waals surface area contributed by atoms with Crippen LogP contribution in [0.15, 0.2) is 53.8 Å². The third kappa shape index (κ3) is 3.56. The molecule has 0 saturated heterocycles. The van der Waals surface area contributed by atoms with Gasteiger partial charge in [-0.2, -0.15) is 5.01 Å². The fourth-order valence-electron chi connectivity index (χ4n) is 1.92. The molecule has 0 atom stereocenters. The molecular weight excluding hydrogens is 272 g/mol. The van der Waals surface area contributed by atoms with Gasteiger partial charge in [0.2, 0.25) is 0 Å². The maximum Gasteiger partial charge on any atom is 0.307 e. The number of aliphatic carboxylic acids is 1. The van der Waals surface area contributed by atoms with Crippen molar-refractivity contribution in [3.63, 3.8) is 0 Å². The highest BCUT2D eigenvalue weighted by atomic mass is 16.5. The fourth-order valence-corrected chi connectivity index (χ4v) is 1.92. The Morgan fingerprint density at radius 1 is 1.19 bits per heavy atom. The monoisotopic (exact) mass is 286 g/mol. The molecule has 6 heteroatoms. The lowest BCUT2D eigenvalue weighted by molar-refractivity contribution is -0.136. The predicted octanol–water partition coefficient (Wildman–Crippen LogP) is 3.14. The molecule has 0 aromatic heterocycles. The van der Waals surface area contributed by atoms with Gasteiger partial charge >= 0.3 is 5.97 Å². The summed E-state index contributed by atoms with van der Waals surface area (Å²) in [4.78, 5) is 21.8. The van der Waals surface area contributed by atoms with Gasteiger partial charge in [-0.15, -0.1) is 4.91 Å². The van der Waals surface area contributed by atoms with Crippen LogP contribution in [0.2, 0.25) is 0 Å². The van der Waals surface area contributed by atoms with Crippen LogP contribution in [0.4, 0.5) is 11.4 Å². The lowest BCUT2D eigenvalue weighted by atomic mass is 10.1. The second-order valence-electron chi connectivity index (χ2n) is 4.33. The fraction of sp³-hybridized carbons (Fsp3) is 0.133. The Hall–Kier alpha value is -2.89. The van der Waals surface area contributed by atoms with Crippen molar-refractivity contribution >= 4 is 17.3 Å². The molecule has 0 heterocycles. The summed E-state index contributed by atoms with van der Waals surface area (Å²) in [6.45, 7) is 0. The van der Waals surface area contributed by atoms with Gasteiger partial charge in [-0.05, 0) is 29.8 Å². The first-order valence-corrected chi connectivity index (χ1v) is 6.22. The van der Waals surface area contributed by atoms with E-state index in [2.05, 4.69) is 5.29 Å². The number of hydrogen-bond donors (Lipinski definition) is 1. The second kappa shape index (κ2) is 6.51. The van der Waals surface area contributed by atoms with Gasteiger partial charge in [0.05, 0.1) is 30.2 Å². The van der Waals surface area contributed by atoms with E-state index >= 15 is 0 Å². The summed E-state index contributed by atoms with van der Waals surface area (Å²) in [5.74, 6) is -0.287. The Labute approximate surface area is 121 Å². The number of ether oxygens (including phenoxy) is 1. The van der Waals surface area contributed by atoms with Crippen molar-refractivity contribution in [3.05, 3.63) is 59.0 Å². The van der Waals surface area contributed by atoms with Crippen LogP contribution in [-0.4, -0.2) is 18.2 Å². The standard InChI is InChI=1S/C15H14N2O4/c1-21-14-4-2-3-13(10-14)17(16-20)12-7-5-11(6-8-12)9-15(18)19/h2-8,10H,9H2,1H3,(H,18,19). The summed E-state index contributed by atoms with van der Waals surface area (Å²) in [6.07, 6.45) is -0.0615. The largest absolute Gasteiger partial charge is 0.497 e. The Morgan fingerprint density at radius 3 is 2.48 bits per heavy atom.